The summed E-state index contributed by atoms with van der Waals surface area (Å²) in [5.41, 5.74) is 2.73. The lowest BCUT2D eigenvalue weighted by atomic mass is 9.83. The maximum Gasteiger partial charge on any atom is 0.132 e. The van der Waals surface area contributed by atoms with Gasteiger partial charge in [0.25, 0.3) is 0 Å². The van der Waals surface area contributed by atoms with E-state index in [-0.39, 0.29) is 5.92 Å². The van der Waals surface area contributed by atoms with Gasteiger partial charge >= 0.3 is 0 Å². The zero-order valence-corrected chi connectivity index (χ0v) is 14.5. The Labute approximate surface area is 145 Å². The van der Waals surface area contributed by atoms with E-state index in [1.54, 1.807) is 6.92 Å². The molecule has 0 radical (unpaired) electrons. The summed E-state index contributed by atoms with van der Waals surface area (Å²) in [7, 11) is 0. The Bertz CT molecular complexity index is 588. The minimum absolute atomic E-state index is 0.288. The normalized spacial score (nSPS) is 20.9. The van der Waals surface area contributed by atoms with Crippen LogP contribution in [0.15, 0.2) is 60.7 Å². The summed E-state index contributed by atoms with van der Waals surface area (Å²) < 4.78 is 0. The third kappa shape index (κ3) is 4.55. The van der Waals surface area contributed by atoms with Gasteiger partial charge in [0.05, 0.1) is 0 Å². The van der Waals surface area contributed by atoms with Crippen molar-refractivity contribution in [2.75, 3.05) is 0 Å². The summed E-state index contributed by atoms with van der Waals surface area (Å²) in [6.45, 7) is 3.70. The Morgan fingerprint density at radius 1 is 0.833 bits per heavy atom. The Hall–Kier alpha value is -1.93. The van der Waals surface area contributed by atoms with Crippen LogP contribution >= 0.6 is 0 Å². The number of ketones is 1. The molecule has 0 bridgehead atoms. The van der Waals surface area contributed by atoms with E-state index >= 15 is 0 Å². The van der Waals surface area contributed by atoms with E-state index in [2.05, 4.69) is 65.6 Å². The summed E-state index contributed by atoms with van der Waals surface area (Å²) in [6.07, 6.45) is 4.34. The van der Waals surface area contributed by atoms with E-state index < -0.39 is 0 Å². The van der Waals surface area contributed by atoms with Crippen molar-refractivity contribution < 1.29 is 4.79 Å². The number of hydrogen-bond donors (Lipinski definition) is 0. The molecule has 0 heterocycles. The first-order valence-electron chi connectivity index (χ1n) is 9.04. The van der Waals surface area contributed by atoms with E-state index in [1.165, 1.54) is 11.1 Å². The van der Waals surface area contributed by atoms with Crippen LogP contribution < -0.4 is 0 Å². The monoisotopic (exact) mass is 321 g/mol. The molecule has 0 amide bonds. The fourth-order valence-electron chi connectivity index (χ4n) is 3.80. The lowest BCUT2D eigenvalue weighted by Crippen LogP contribution is -2.38. The van der Waals surface area contributed by atoms with E-state index in [0.29, 0.717) is 11.8 Å². The largest absolute Gasteiger partial charge is 0.300 e. The third-order valence-electron chi connectivity index (χ3n) is 5.24. The predicted octanol–water partition coefficient (Wildman–Crippen LogP) is 4.84. The molecule has 0 N–H and O–H groups in total. The molecular formula is C22H27NO. The van der Waals surface area contributed by atoms with Crippen molar-refractivity contribution in [3.05, 3.63) is 71.8 Å². The van der Waals surface area contributed by atoms with Crippen molar-refractivity contribution in [3.63, 3.8) is 0 Å². The molecule has 2 aromatic carbocycles. The molecule has 2 heteroatoms. The first kappa shape index (κ1) is 16.9. The molecule has 0 spiro atoms. The zero-order valence-electron chi connectivity index (χ0n) is 14.5. The second-order valence-electron chi connectivity index (χ2n) is 6.99. The van der Waals surface area contributed by atoms with Crippen LogP contribution in [-0.2, 0) is 17.9 Å². The van der Waals surface area contributed by atoms with Crippen LogP contribution in [0.4, 0.5) is 0 Å². The molecule has 0 aromatic heterocycles. The molecule has 24 heavy (non-hydrogen) atoms. The van der Waals surface area contributed by atoms with Crippen LogP contribution in [0.3, 0.4) is 0 Å². The van der Waals surface area contributed by atoms with E-state index in [9.17, 15) is 4.79 Å². The van der Waals surface area contributed by atoms with Crippen molar-refractivity contribution in [2.24, 2.45) is 5.92 Å². The van der Waals surface area contributed by atoms with Gasteiger partial charge in [-0.1, -0.05) is 60.7 Å². The molecule has 0 saturated heterocycles. The maximum absolute atomic E-state index is 11.6. The summed E-state index contributed by atoms with van der Waals surface area (Å²) in [5, 5.41) is 0. The molecule has 1 aliphatic carbocycles. The number of hydrogen-bond acceptors (Lipinski definition) is 2. The topological polar surface area (TPSA) is 20.3 Å². The number of rotatable bonds is 6. The number of benzene rings is 2. The van der Waals surface area contributed by atoms with Crippen molar-refractivity contribution in [2.45, 2.75) is 51.7 Å². The van der Waals surface area contributed by atoms with Crippen LogP contribution in [0.5, 0.6) is 0 Å². The summed E-state index contributed by atoms with van der Waals surface area (Å²) in [5.74, 6) is 0.655. The van der Waals surface area contributed by atoms with Crippen LogP contribution in [0.25, 0.3) is 0 Å². The molecule has 1 saturated carbocycles. The molecule has 0 atom stereocenters. The minimum Gasteiger partial charge on any atom is -0.300 e. The predicted molar refractivity (Wildman–Crippen MR) is 98.6 cm³/mol. The Morgan fingerprint density at radius 2 is 1.29 bits per heavy atom. The molecule has 2 nitrogen and oxygen atoms in total. The quantitative estimate of drug-likeness (QED) is 0.759. The molecule has 1 aliphatic rings. The molecule has 0 unspecified atom stereocenters. The van der Waals surface area contributed by atoms with Gasteiger partial charge in [0.1, 0.15) is 5.78 Å². The SMILES string of the molecule is CC(=O)C1CCC(N(Cc2ccccc2)Cc2ccccc2)CC1. The second-order valence-corrected chi connectivity index (χ2v) is 6.99. The van der Waals surface area contributed by atoms with Crippen LogP contribution in [0, 0.1) is 5.92 Å². The van der Waals surface area contributed by atoms with Crippen LogP contribution in [-0.4, -0.2) is 16.7 Å². The average Bonchev–Trinajstić information content (AvgIpc) is 2.63. The summed E-state index contributed by atoms with van der Waals surface area (Å²) >= 11 is 0. The molecular weight excluding hydrogens is 294 g/mol. The Morgan fingerprint density at radius 3 is 1.71 bits per heavy atom. The number of nitrogens with zero attached hydrogens (tertiary/aromatic N) is 1. The average molecular weight is 321 g/mol. The second kappa shape index (κ2) is 8.25. The first-order valence-corrected chi connectivity index (χ1v) is 9.04. The van der Waals surface area contributed by atoms with Crippen LogP contribution in [0.2, 0.25) is 0 Å². The van der Waals surface area contributed by atoms with Crippen molar-refractivity contribution >= 4 is 5.78 Å². The molecule has 126 valence electrons. The fraction of sp³-hybridized carbons (Fsp3) is 0.409. The van der Waals surface area contributed by atoms with Crippen molar-refractivity contribution in [3.8, 4) is 0 Å². The highest BCUT2D eigenvalue weighted by molar-refractivity contribution is 5.78. The Kier molecular flexibility index (Phi) is 5.81. The lowest BCUT2D eigenvalue weighted by molar-refractivity contribution is -0.122. The van der Waals surface area contributed by atoms with Gasteiger partial charge in [-0.15, -0.1) is 0 Å². The summed E-state index contributed by atoms with van der Waals surface area (Å²) in [4.78, 5) is 14.2. The zero-order chi connectivity index (χ0) is 16.8. The number of Topliss-reactive ketones (excluding diaryl/α,β-unsaturated/α-hetero) is 1. The van der Waals surface area contributed by atoms with Crippen molar-refractivity contribution in [1.29, 1.82) is 0 Å². The minimum atomic E-state index is 0.288. The lowest BCUT2D eigenvalue weighted by Gasteiger charge is -2.36. The fourth-order valence-corrected chi connectivity index (χ4v) is 3.80. The van der Waals surface area contributed by atoms with E-state index in [0.717, 1.165) is 38.8 Å². The molecule has 3 rings (SSSR count). The third-order valence-corrected chi connectivity index (χ3v) is 5.24. The molecule has 1 fully saturated rings. The van der Waals surface area contributed by atoms with Gasteiger partial charge in [-0.3, -0.25) is 9.69 Å². The van der Waals surface area contributed by atoms with Gasteiger partial charge in [-0.05, 0) is 43.7 Å². The summed E-state index contributed by atoms with van der Waals surface area (Å²) in [6, 6.07) is 22.0. The van der Waals surface area contributed by atoms with Gasteiger partial charge in [-0.25, -0.2) is 0 Å². The Balaban J connectivity index is 1.71. The molecule has 0 aliphatic heterocycles. The highest BCUT2D eigenvalue weighted by Gasteiger charge is 2.27. The standard InChI is InChI=1S/C22H27NO/c1-18(24)21-12-14-22(15-13-21)23(16-19-8-4-2-5-9-19)17-20-10-6-3-7-11-20/h2-11,21-22H,12-17H2,1H3. The van der Waals surface area contributed by atoms with Gasteiger partial charge in [0.15, 0.2) is 0 Å². The van der Waals surface area contributed by atoms with Crippen LogP contribution in [0.1, 0.15) is 43.7 Å². The van der Waals surface area contributed by atoms with E-state index in [4.69, 9.17) is 0 Å². The highest BCUT2D eigenvalue weighted by Crippen LogP contribution is 2.30. The highest BCUT2D eigenvalue weighted by atomic mass is 16.1. The number of carbonyl (C=O) groups is 1. The van der Waals surface area contributed by atoms with Gasteiger partial charge < -0.3 is 0 Å². The number of carbonyl (C=O) groups excluding carboxylic acids is 1. The van der Waals surface area contributed by atoms with Gasteiger partial charge in [0.2, 0.25) is 0 Å². The molecule has 2 aromatic rings. The van der Waals surface area contributed by atoms with E-state index in [1.807, 2.05) is 0 Å². The van der Waals surface area contributed by atoms with Crippen molar-refractivity contribution in [1.82, 2.24) is 4.90 Å². The maximum atomic E-state index is 11.6. The van der Waals surface area contributed by atoms with Gasteiger partial charge in [-0.2, -0.15) is 0 Å². The first-order chi connectivity index (χ1) is 11.7. The smallest absolute Gasteiger partial charge is 0.132 e. The van der Waals surface area contributed by atoms with Gasteiger partial charge in [0, 0.05) is 25.0 Å².